The predicted octanol–water partition coefficient (Wildman–Crippen LogP) is 3.17. The highest BCUT2D eigenvalue weighted by Gasteiger charge is 2.21. The average molecular weight is 297 g/mol. The summed E-state index contributed by atoms with van der Waals surface area (Å²) < 4.78 is 0. The Bertz CT molecular complexity index is 440. The molecule has 0 saturated carbocycles. The molecule has 0 spiro atoms. The standard InChI is InChI=1S/C16H25ClN2O/c1-12(20)14-4-5-16(15(17)10-14)19-8-6-13(7-9-19)11-18(2)3/h4-5,10,12-13,20H,6-9,11H2,1-3H3/t12-/m0/s1. The second-order valence-corrected chi connectivity index (χ2v) is 6.49. The van der Waals surface area contributed by atoms with Crippen LogP contribution in [0.5, 0.6) is 0 Å². The number of hydrogen-bond acceptors (Lipinski definition) is 3. The Balaban J connectivity index is 2.00. The van der Waals surface area contributed by atoms with Crippen molar-refractivity contribution in [2.75, 3.05) is 38.6 Å². The largest absolute Gasteiger partial charge is 0.389 e. The normalized spacial score (nSPS) is 18.6. The van der Waals surface area contributed by atoms with Gasteiger partial charge in [0.1, 0.15) is 0 Å². The minimum atomic E-state index is -0.465. The number of rotatable bonds is 4. The first-order chi connectivity index (χ1) is 9.47. The van der Waals surface area contributed by atoms with E-state index in [4.69, 9.17) is 11.6 Å². The number of halogens is 1. The topological polar surface area (TPSA) is 26.7 Å². The molecule has 3 nitrogen and oxygen atoms in total. The summed E-state index contributed by atoms with van der Waals surface area (Å²) in [7, 11) is 4.27. The molecule has 1 aromatic rings. The highest BCUT2D eigenvalue weighted by Crippen LogP contribution is 2.32. The van der Waals surface area contributed by atoms with Crippen molar-refractivity contribution < 1.29 is 5.11 Å². The van der Waals surface area contributed by atoms with Crippen molar-refractivity contribution in [1.82, 2.24) is 4.90 Å². The summed E-state index contributed by atoms with van der Waals surface area (Å²) in [5, 5.41) is 10.3. The molecular formula is C16H25ClN2O. The summed E-state index contributed by atoms with van der Waals surface area (Å²) >= 11 is 6.37. The van der Waals surface area contributed by atoms with E-state index in [0.717, 1.165) is 35.3 Å². The third-order valence-electron chi connectivity index (χ3n) is 4.03. The number of anilines is 1. The maximum absolute atomic E-state index is 9.59. The lowest BCUT2D eigenvalue weighted by molar-refractivity contribution is 0.199. The molecule has 20 heavy (non-hydrogen) atoms. The van der Waals surface area contributed by atoms with Gasteiger partial charge >= 0.3 is 0 Å². The van der Waals surface area contributed by atoms with Crippen LogP contribution in [0.2, 0.25) is 5.02 Å². The van der Waals surface area contributed by atoms with Crippen LogP contribution in [0.15, 0.2) is 18.2 Å². The third-order valence-corrected chi connectivity index (χ3v) is 4.34. The van der Waals surface area contributed by atoms with E-state index in [1.807, 2.05) is 18.2 Å². The second kappa shape index (κ2) is 6.79. The molecule has 1 heterocycles. The van der Waals surface area contributed by atoms with E-state index < -0.39 is 6.10 Å². The van der Waals surface area contributed by atoms with Crippen LogP contribution in [0, 0.1) is 5.92 Å². The van der Waals surface area contributed by atoms with Crippen LogP contribution in [0.3, 0.4) is 0 Å². The van der Waals surface area contributed by atoms with E-state index in [1.165, 1.54) is 19.4 Å². The fourth-order valence-electron chi connectivity index (χ4n) is 2.91. The minimum Gasteiger partial charge on any atom is -0.389 e. The molecule has 1 fully saturated rings. The molecule has 2 rings (SSSR count). The van der Waals surface area contributed by atoms with Crippen molar-refractivity contribution >= 4 is 17.3 Å². The number of nitrogens with zero attached hydrogens (tertiary/aromatic N) is 2. The summed E-state index contributed by atoms with van der Waals surface area (Å²) in [6, 6.07) is 5.89. The van der Waals surface area contributed by atoms with E-state index in [9.17, 15) is 5.11 Å². The number of benzene rings is 1. The van der Waals surface area contributed by atoms with Crippen molar-refractivity contribution in [2.45, 2.75) is 25.9 Å². The maximum atomic E-state index is 9.59. The molecule has 1 saturated heterocycles. The van der Waals surface area contributed by atoms with Crippen LogP contribution in [-0.4, -0.2) is 43.7 Å². The van der Waals surface area contributed by atoms with Crippen molar-refractivity contribution in [3.63, 3.8) is 0 Å². The van der Waals surface area contributed by atoms with Crippen molar-refractivity contribution in [2.24, 2.45) is 5.92 Å². The minimum absolute atomic E-state index is 0.465. The number of aliphatic hydroxyl groups excluding tert-OH is 1. The second-order valence-electron chi connectivity index (χ2n) is 6.08. The molecule has 112 valence electrons. The molecule has 0 radical (unpaired) electrons. The Kier molecular flexibility index (Phi) is 5.30. The summed E-state index contributed by atoms with van der Waals surface area (Å²) in [5.41, 5.74) is 1.97. The van der Waals surface area contributed by atoms with Gasteiger partial charge in [0, 0.05) is 19.6 Å². The molecule has 1 N–H and O–H groups in total. The fraction of sp³-hybridized carbons (Fsp3) is 0.625. The molecule has 0 aliphatic carbocycles. The van der Waals surface area contributed by atoms with Crippen LogP contribution >= 0.6 is 11.6 Å². The van der Waals surface area contributed by atoms with Crippen molar-refractivity contribution in [3.05, 3.63) is 28.8 Å². The predicted molar refractivity (Wildman–Crippen MR) is 85.6 cm³/mol. The first-order valence-corrected chi connectivity index (χ1v) is 7.72. The van der Waals surface area contributed by atoms with Gasteiger partial charge in [-0.3, -0.25) is 0 Å². The molecule has 0 aromatic heterocycles. The molecule has 1 atom stereocenters. The van der Waals surface area contributed by atoms with Gasteiger partial charge in [0.15, 0.2) is 0 Å². The lowest BCUT2D eigenvalue weighted by Gasteiger charge is -2.35. The van der Waals surface area contributed by atoms with Crippen LogP contribution in [-0.2, 0) is 0 Å². The summed E-state index contributed by atoms with van der Waals surface area (Å²) in [4.78, 5) is 4.63. The third kappa shape index (κ3) is 3.87. The van der Waals surface area contributed by atoms with Crippen molar-refractivity contribution in [3.8, 4) is 0 Å². The van der Waals surface area contributed by atoms with Gasteiger partial charge in [0.2, 0.25) is 0 Å². The number of hydrogen-bond donors (Lipinski definition) is 1. The monoisotopic (exact) mass is 296 g/mol. The van der Waals surface area contributed by atoms with Gasteiger partial charge in [-0.2, -0.15) is 0 Å². The molecule has 0 amide bonds. The molecule has 0 bridgehead atoms. The smallest absolute Gasteiger partial charge is 0.0762 e. The van der Waals surface area contributed by atoms with Gasteiger partial charge in [-0.15, -0.1) is 0 Å². The first-order valence-electron chi connectivity index (χ1n) is 7.34. The number of aliphatic hydroxyl groups is 1. The highest BCUT2D eigenvalue weighted by molar-refractivity contribution is 6.33. The molecule has 1 aliphatic heterocycles. The van der Waals surface area contributed by atoms with E-state index >= 15 is 0 Å². The first kappa shape index (κ1) is 15.6. The van der Waals surface area contributed by atoms with Gasteiger partial charge in [0.25, 0.3) is 0 Å². The van der Waals surface area contributed by atoms with Crippen LogP contribution in [0.25, 0.3) is 0 Å². The zero-order valence-electron chi connectivity index (χ0n) is 12.6. The maximum Gasteiger partial charge on any atom is 0.0762 e. The van der Waals surface area contributed by atoms with Gasteiger partial charge in [0.05, 0.1) is 16.8 Å². The van der Waals surface area contributed by atoms with E-state index in [2.05, 4.69) is 23.9 Å². The zero-order valence-corrected chi connectivity index (χ0v) is 13.4. The lowest BCUT2D eigenvalue weighted by atomic mass is 9.96. The van der Waals surface area contributed by atoms with E-state index in [-0.39, 0.29) is 0 Å². The van der Waals surface area contributed by atoms with Gasteiger partial charge in [-0.25, -0.2) is 0 Å². The molecule has 0 unspecified atom stereocenters. The van der Waals surface area contributed by atoms with E-state index in [0.29, 0.717) is 0 Å². The summed E-state index contributed by atoms with van der Waals surface area (Å²) in [5.74, 6) is 0.789. The highest BCUT2D eigenvalue weighted by atomic mass is 35.5. The number of piperidine rings is 1. The van der Waals surface area contributed by atoms with Crippen LogP contribution in [0.4, 0.5) is 5.69 Å². The Morgan fingerprint density at radius 3 is 2.50 bits per heavy atom. The Hall–Kier alpha value is -0.770. The van der Waals surface area contributed by atoms with E-state index in [1.54, 1.807) is 6.92 Å². The van der Waals surface area contributed by atoms with Gasteiger partial charge in [-0.05, 0) is 57.5 Å². The SMILES string of the molecule is C[C@H](O)c1ccc(N2CCC(CN(C)C)CC2)c(Cl)c1. The Labute approximate surface area is 127 Å². The average Bonchev–Trinajstić information content (AvgIpc) is 2.39. The van der Waals surface area contributed by atoms with Gasteiger partial charge < -0.3 is 14.9 Å². The lowest BCUT2D eigenvalue weighted by Crippen LogP contribution is -2.37. The van der Waals surface area contributed by atoms with Crippen LogP contribution in [0.1, 0.15) is 31.4 Å². The summed E-state index contributed by atoms with van der Waals surface area (Å²) in [6.07, 6.45) is 1.96. The van der Waals surface area contributed by atoms with Crippen molar-refractivity contribution in [1.29, 1.82) is 0 Å². The quantitative estimate of drug-likeness (QED) is 0.924. The van der Waals surface area contributed by atoms with Crippen LogP contribution < -0.4 is 4.90 Å². The molecule has 4 heteroatoms. The fourth-order valence-corrected chi connectivity index (χ4v) is 3.22. The molecule has 1 aliphatic rings. The molecule has 1 aromatic carbocycles. The molecular weight excluding hydrogens is 272 g/mol. The Morgan fingerprint density at radius 2 is 2.00 bits per heavy atom. The summed E-state index contributed by atoms with van der Waals surface area (Å²) in [6.45, 7) is 5.05. The van der Waals surface area contributed by atoms with Gasteiger partial charge in [-0.1, -0.05) is 17.7 Å². The zero-order chi connectivity index (χ0) is 14.7. The Morgan fingerprint density at radius 1 is 1.35 bits per heavy atom.